The van der Waals surface area contributed by atoms with Crippen LogP contribution in [-0.2, 0) is 16.0 Å². The Labute approximate surface area is 138 Å². The Morgan fingerprint density at radius 2 is 2.00 bits per heavy atom. The number of amides is 1. The number of carbonyl (C=O) groups is 2. The maximum Gasteiger partial charge on any atom is 0.340 e. The van der Waals surface area contributed by atoms with E-state index in [1.165, 1.54) is 12.1 Å². The molecule has 0 atom stereocenters. The Balaban J connectivity index is 1.65. The Morgan fingerprint density at radius 3 is 2.78 bits per heavy atom. The number of esters is 1. The molecule has 0 aromatic heterocycles. The summed E-state index contributed by atoms with van der Waals surface area (Å²) >= 11 is 5.79. The summed E-state index contributed by atoms with van der Waals surface area (Å²) in [4.78, 5) is 25.9. The van der Waals surface area contributed by atoms with E-state index in [1.54, 1.807) is 11.0 Å². The largest absolute Gasteiger partial charge is 0.452 e. The molecule has 0 bridgehead atoms. The lowest BCUT2D eigenvalue weighted by Gasteiger charge is -2.17. The molecule has 1 aliphatic heterocycles. The molecule has 0 saturated heterocycles. The van der Waals surface area contributed by atoms with Gasteiger partial charge in [0.25, 0.3) is 5.91 Å². The number of fused-ring (bicyclic) bond motifs is 1. The van der Waals surface area contributed by atoms with Crippen LogP contribution in [0, 0.1) is 0 Å². The van der Waals surface area contributed by atoms with Gasteiger partial charge in [0.05, 0.1) is 5.56 Å². The third kappa shape index (κ3) is 3.14. The molecule has 2 N–H and O–H groups in total. The smallest absolute Gasteiger partial charge is 0.340 e. The Kier molecular flexibility index (Phi) is 4.21. The highest BCUT2D eigenvalue weighted by Crippen LogP contribution is 2.27. The number of hydrogen-bond donors (Lipinski definition) is 1. The molecular formula is C17H15ClN2O3. The third-order valence-electron chi connectivity index (χ3n) is 3.75. The van der Waals surface area contributed by atoms with Gasteiger partial charge >= 0.3 is 5.97 Å². The summed E-state index contributed by atoms with van der Waals surface area (Å²) in [5.41, 5.74) is 8.15. The summed E-state index contributed by atoms with van der Waals surface area (Å²) in [6.45, 7) is 0.272. The number of rotatable bonds is 3. The van der Waals surface area contributed by atoms with Crippen LogP contribution in [0.25, 0.3) is 0 Å². The number of nitrogen functional groups attached to an aromatic ring is 1. The number of halogens is 1. The van der Waals surface area contributed by atoms with Gasteiger partial charge in [0.2, 0.25) is 0 Å². The van der Waals surface area contributed by atoms with Crippen molar-refractivity contribution >= 4 is 34.9 Å². The van der Waals surface area contributed by atoms with Gasteiger partial charge in [-0.2, -0.15) is 0 Å². The van der Waals surface area contributed by atoms with Gasteiger partial charge in [-0.05, 0) is 36.2 Å². The van der Waals surface area contributed by atoms with E-state index in [-0.39, 0.29) is 23.8 Å². The highest BCUT2D eigenvalue weighted by atomic mass is 35.5. The van der Waals surface area contributed by atoms with Gasteiger partial charge in [0.15, 0.2) is 6.61 Å². The van der Waals surface area contributed by atoms with Gasteiger partial charge in [-0.1, -0.05) is 29.8 Å². The fourth-order valence-corrected chi connectivity index (χ4v) is 2.78. The molecule has 2 aromatic carbocycles. The molecule has 118 valence electrons. The minimum Gasteiger partial charge on any atom is -0.452 e. The van der Waals surface area contributed by atoms with E-state index in [1.807, 2.05) is 24.3 Å². The van der Waals surface area contributed by atoms with Crippen LogP contribution in [0.3, 0.4) is 0 Å². The molecule has 1 heterocycles. The van der Waals surface area contributed by atoms with Gasteiger partial charge in [-0.25, -0.2) is 4.79 Å². The summed E-state index contributed by atoms with van der Waals surface area (Å²) in [6, 6.07) is 12.2. The first-order valence-corrected chi connectivity index (χ1v) is 7.54. The second-order valence-corrected chi connectivity index (χ2v) is 5.67. The van der Waals surface area contributed by atoms with Crippen LogP contribution in [-0.4, -0.2) is 25.0 Å². The predicted octanol–water partition coefficient (Wildman–Crippen LogP) is 2.67. The van der Waals surface area contributed by atoms with Crippen molar-refractivity contribution in [3.05, 3.63) is 58.6 Å². The van der Waals surface area contributed by atoms with E-state index in [4.69, 9.17) is 22.1 Å². The number of nitrogens with zero attached hydrogens (tertiary/aromatic N) is 1. The van der Waals surface area contributed by atoms with E-state index >= 15 is 0 Å². The normalized spacial score (nSPS) is 12.8. The van der Waals surface area contributed by atoms with Gasteiger partial charge < -0.3 is 15.4 Å². The highest BCUT2D eigenvalue weighted by molar-refractivity contribution is 6.31. The number of hydrogen-bond acceptors (Lipinski definition) is 4. The van der Waals surface area contributed by atoms with Gasteiger partial charge in [-0.15, -0.1) is 0 Å². The molecule has 6 heteroatoms. The van der Waals surface area contributed by atoms with Gasteiger partial charge in [0, 0.05) is 22.9 Å². The number of benzene rings is 2. The molecule has 5 nitrogen and oxygen atoms in total. The molecule has 0 radical (unpaired) electrons. The number of anilines is 2. The first-order chi connectivity index (χ1) is 11.1. The van der Waals surface area contributed by atoms with Crippen LogP contribution < -0.4 is 10.6 Å². The van der Waals surface area contributed by atoms with Crippen LogP contribution >= 0.6 is 11.6 Å². The average Bonchev–Trinajstić information content (AvgIpc) is 2.96. The molecule has 2 aromatic rings. The highest BCUT2D eigenvalue weighted by Gasteiger charge is 2.25. The molecule has 23 heavy (non-hydrogen) atoms. The summed E-state index contributed by atoms with van der Waals surface area (Å²) in [5.74, 6) is -0.893. The number of nitrogens with two attached hydrogens (primary N) is 1. The van der Waals surface area contributed by atoms with Crippen molar-refractivity contribution in [3.63, 3.8) is 0 Å². The minimum atomic E-state index is -0.639. The summed E-state index contributed by atoms with van der Waals surface area (Å²) in [6.07, 6.45) is 0.806. The summed E-state index contributed by atoms with van der Waals surface area (Å²) in [5, 5.41) is 0.434. The second-order valence-electron chi connectivity index (χ2n) is 5.23. The molecule has 0 saturated carbocycles. The lowest BCUT2D eigenvalue weighted by molar-refractivity contribution is -0.121. The van der Waals surface area contributed by atoms with Gasteiger partial charge in [0.1, 0.15) is 0 Å². The number of ether oxygens (including phenoxy) is 1. The molecule has 0 aliphatic carbocycles. The summed E-state index contributed by atoms with van der Waals surface area (Å²) < 4.78 is 5.08. The molecule has 0 spiro atoms. The maximum absolute atomic E-state index is 12.3. The van der Waals surface area contributed by atoms with Crippen LogP contribution in [0.1, 0.15) is 15.9 Å². The number of para-hydroxylation sites is 1. The second kappa shape index (κ2) is 6.30. The molecule has 1 aliphatic rings. The Hall–Kier alpha value is -2.53. The SMILES string of the molecule is Nc1cc(Cl)ccc1C(=O)OCC(=O)N1CCc2ccccc21. The van der Waals surface area contributed by atoms with E-state index in [2.05, 4.69) is 0 Å². The first-order valence-electron chi connectivity index (χ1n) is 7.16. The zero-order valence-corrected chi connectivity index (χ0v) is 13.0. The predicted molar refractivity (Wildman–Crippen MR) is 88.6 cm³/mol. The fraction of sp³-hybridized carbons (Fsp3) is 0.176. The molecule has 3 rings (SSSR count). The molecule has 0 unspecified atom stereocenters. The van der Waals surface area contributed by atoms with Crippen molar-refractivity contribution in [2.45, 2.75) is 6.42 Å². The standard InChI is InChI=1S/C17H15ClN2O3/c18-12-5-6-13(14(19)9-12)17(22)23-10-16(21)20-8-7-11-3-1-2-4-15(11)20/h1-6,9H,7-8,10,19H2. The minimum absolute atomic E-state index is 0.198. The molecule has 1 amide bonds. The van der Waals surface area contributed by atoms with E-state index < -0.39 is 5.97 Å². The van der Waals surface area contributed by atoms with Crippen molar-refractivity contribution < 1.29 is 14.3 Å². The van der Waals surface area contributed by atoms with Crippen LogP contribution in [0.4, 0.5) is 11.4 Å². The Morgan fingerprint density at radius 1 is 1.22 bits per heavy atom. The van der Waals surface area contributed by atoms with Crippen molar-refractivity contribution in [2.75, 3.05) is 23.8 Å². The lowest BCUT2D eigenvalue weighted by atomic mass is 10.2. The molecule has 0 fully saturated rings. The van der Waals surface area contributed by atoms with Crippen LogP contribution in [0.5, 0.6) is 0 Å². The zero-order valence-electron chi connectivity index (χ0n) is 12.3. The van der Waals surface area contributed by atoms with Crippen LogP contribution in [0.15, 0.2) is 42.5 Å². The Bertz CT molecular complexity index is 776. The van der Waals surface area contributed by atoms with E-state index in [0.29, 0.717) is 11.6 Å². The monoisotopic (exact) mass is 330 g/mol. The fourth-order valence-electron chi connectivity index (χ4n) is 2.60. The number of carbonyl (C=O) groups excluding carboxylic acids is 2. The third-order valence-corrected chi connectivity index (χ3v) is 3.98. The van der Waals surface area contributed by atoms with Crippen molar-refractivity contribution in [2.24, 2.45) is 0 Å². The molecular weight excluding hydrogens is 316 g/mol. The first kappa shape index (κ1) is 15.4. The topological polar surface area (TPSA) is 72.6 Å². The van der Waals surface area contributed by atoms with Crippen molar-refractivity contribution in [3.8, 4) is 0 Å². The van der Waals surface area contributed by atoms with Gasteiger partial charge in [-0.3, -0.25) is 4.79 Å². The van der Waals surface area contributed by atoms with E-state index in [0.717, 1.165) is 17.7 Å². The quantitative estimate of drug-likeness (QED) is 0.693. The maximum atomic E-state index is 12.3. The van der Waals surface area contributed by atoms with Crippen LogP contribution in [0.2, 0.25) is 5.02 Å². The van der Waals surface area contributed by atoms with Crippen molar-refractivity contribution in [1.29, 1.82) is 0 Å². The van der Waals surface area contributed by atoms with E-state index in [9.17, 15) is 9.59 Å². The van der Waals surface area contributed by atoms with Crippen molar-refractivity contribution in [1.82, 2.24) is 0 Å². The zero-order chi connectivity index (χ0) is 16.4. The summed E-state index contributed by atoms with van der Waals surface area (Å²) in [7, 11) is 0. The lowest BCUT2D eigenvalue weighted by Crippen LogP contribution is -2.33. The average molecular weight is 331 g/mol.